The van der Waals surface area contributed by atoms with Crippen LogP contribution >= 0.6 is 0 Å². The van der Waals surface area contributed by atoms with Crippen molar-refractivity contribution in [3.63, 3.8) is 0 Å². The first kappa shape index (κ1) is 10.4. The van der Waals surface area contributed by atoms with E-state index < -0.39 is 12.4 Å². The van der Waals surface area contributed by atoms with Gasteiger partial charge in [0.05, 0.1) is 0 Å². The number of aliphatic hydroxyl groups is 1. The SMILES string of the molecule is CC#CCC(O)C(OC)OC. The predicted molar refractivity (Wildman–Crippen MR) is 41.9 cm³/mol. The Morgan fingerprint density at radius 1 is 1.36 bits per heavy atom. The summed E-state index contributed by atoms with van der Waals surface area (Å²) < 4.78 is 9.64. The van der Waals surface area contributed by atoms with E-state index in [-0.39, 0.29) is 0 Å². The lowest BCUT2D eigenvalue weighted by Crippen LogP contribution is -2.29. The molecular formula is C8H14O3. The molecular weight excluding hydrogens is 144 g/mol. The van der Waals surface area contributed by atoms with Crippen LogP contribution in [0.5, 0.6) is 0 Å². The molecule has 0 saturated carbocycles. The molecule has 1 atom stereocenters. The molecule has 0 fully saturated rings. The molecule has 1 N–H and O–H groups in total. The van der Waals surface area contributed by atoms with Crippen molar-refractivity contribution in [2.24, 2.45) is 0 Å². The van der Waals surface area contributed by atoms with Gasteiger partial charge in [-0.25, -0.2) is 0 Å². The van der Waals surface area contributed by atoms with Crippen molar-refractivity contribution in [2.45, 2.75) is 25.7 Å². The van der Waals surface area contributed by atoms with E-state index in [1.807, 2.05) is 0 Å². The standard InChI is InChI=1S/C8H14O3/c1-4-5-6-7(9)8(10-2)11-3/h7-9H,6H2,1-3H3. The van der Waals surface area contributed by atoms with E-state index in [2.05, 4.69) is 11.8 Å². The maximum atomic E-state index is 9.29. The number of hydrogen-bond acceptors (Lipinski definition) is 3. The van der Waals surface area contributed by atoms with Gasteiger partial charge < -0.3 is 14.6 Å². The van der Waals surface area contributed by atoms with Gasteiger partial charge in [-0.1, -0.05) is 0 Å². The van der Waals surface area contributed by atoms with Gasteiger partial charge in [0.1, 0.15) is 6.10 Å². The van der Waals surface area contributed by atoms with Gasteiger partial charge in [-0.3, -0.25) is 0 Å². The lowest BCUT2D eigenvalue weighted by molar-refractivity contribution is -0.162. The molecule has 0 spiro atoms. The maximum absolute atomic E-state index is 9.29. The van der Waals surface area contributed by atoms with E-state index in [1.165, 1.54) is 14.2 Å². The van der Waals surface area contributed by atoms with Crippen LogP contribution in [0.2, 0.25) is 0 Å². The van der Waals surface area contributed by atoms with Gasteiger partial charge in [0, 0.05) is 20.6 Å². The summed E-state index contributed by atoms with van der Waals surface area (Å²) in [5.41, 5.74) is 0. The molecule has 1 unspecified atom stereocenters. The van der Waals surface area contributed by atoms with Gasteiger partial charge in [0.15, 0.2) is 6.29 Å². The lowest BCUT2D eigenvalue weighted by atomic mass is 10.2. The second kappa shape index (κ2) is 6.17. The summed E-state index contributed by atoms with van der Waals surface area (Å²) >= 11 is 0. The number of aliphatic hydroxyl groups excluding tert-OH is 1. The highest BCUT2D eigenvalue weighted by Crippen LogP contribution is 2.02. The largest absolute Gasteiger partial charge is 0.387 e. The van der Waals surface area contributed by atoms with Crippen LogP contribution in [0.4, 0.5) is 0 Å². The second-order valence-corrected chi connectivity index (χ2v) is 2.04. The molecule has 64 valence electrons. The molecule has 3 nitrogen and oxygen atoms in total. The van der Waals surface area contributed by atoms with Crippen LogP contribution in [-0.4, -0.2) is 31.7 Å². The van der Waals surface area contributed by atoms with Gasteiger partial charge in [-0.2, -0.15) is 0 Å². The Morgan fingerprint density at radius 3 is 2.27 bits per heavy atom. The topological polar surface area (TPSA) is 38.7 Å². The Kier molecular flexibility index (Phi) is 5.86. The molecule has 0 aromatic heterocycles. The van der Waals surface area contributed by atoms with E-state index in [1.54, 1.807) is 6.92 Å². The van der Waals surface area contributed by atoms with Crippen molar-refractivity contribution in [1.29, 1.82) is 0 Å². The number of ether oxygens (including phenoxy) is 2. The third-order valence-electron chi connectivity index (χ3n) is 1.27. The molecule has 0 rings (SSSR count). The van der Waals surface area contributed by atoms with Crippen LogP contribution in [0.25, 0.3) is 0 Å². The Labute approximate surface area is 67.3 Å². The Hall–Kier alpha value is -0.560. The van der Waals surface area contributed by atoms with E-state index in [4.69, 9.17) is 9.47 Å². The van der Waals surface area contributed by atoms with Crippen LogP contribution in [0, 0.1) is 11.8 Å². The number of rotatable bonds is 4. The summed E-state index contributed by atoms with van der Waals surface area (Å²) in [5, 5.41) is 9.29. The first-order valence-corrected chi connectivity index (χ1v) is 3.39. The molecule has 3 heteroatoms. The minimum Gasteiger partial charge on any atom is -0.387 e. The molecule has 0 saturated heterocycles. The fourth-order valence-corrected chi connectivity index (χ4v) is 0.713. The molecule has 0 heterocycles. The fraction of sp³-hybridized carbons (Fsp3) is 0.750. The van der Waals surface area contributed by atoms with Gasteiger partial charge in [0.2, 0.25) is 0 Å². The number of methoxy groups -OCH3 is 2. The third kappa shape index (κ3) is 3.99. The van der Waals surface area contributed by atoms with Gasteiger partial charge >= 0.3 is 0 Å². The molecule has 0 aliphatic carbocycles. The third-order valence-corrected chi connectivity index (χ3v) is 1.27. The van der Waals surface area contributed by atoms with E-state index in [0.717, 1.165) is 0 Å². The van der Waals surface area contributed by atoms with Crippen LogP contribution in [0.1, 0.15) is 13.3 Å². The molecule has 0 radical (unpaired) electrons. The Bertz CT molecular complexity index is 141. The monoisotopic (exact) mass is 158 g/mol. The van der Waals surface area contributed by atoms with Crippen LogP contribution in [-0.2, 0) is 9.47 Å². The zero-order valence-electron chi connectivity index (χ0n) is 7.13. The summed E-state index contributed by atoms with van der Waals surface area (Å²) in [4.78, 5) is 0. The first-order valence-electron chi connectivity index (χ1n) is 3.39. The summed E-state index contributed by atoms with van der Waals surface area (Å²) in [6.07, 6.45) is -0.864. The zero-order chi connectivity index (χ0) is 8.69. The normalized spacial score (nSPS) is 12.5. The first-order chi connectivity index (χ1) is 5.26. The molecule has 0 aromatic carbocycles. The molecule has 0 bridgehead atoms. The maximum Gasteiger partial charge on any atom is 0.183 e. The highest BCUT2D eigenvalue weighted by molar-refractivity contribution is 4.97. The van der Waals surface area contributed by atoms with Crippen molar-refractivity contribution in [2.75, 3.05) is 14.2 Å². The smallest absolute Gasteiger partial charge is 0.183 e. The average molecular weight is 158 g/mol. The minimum absolute atomic E-state index is 0.378. The average Bonchev–Trinajstić information content (AvgIpc) is 2.03. The number of hydrogen-bond donors (Lipinski definition) is 1. The van der Waals surface area contributed by atoms with Crippen molar-refractivity contribution >= 4 is 0 Å². The second-order valence-electron chi connectivity index (χ2n) is 2.04. The predicted octanol–water partition coefficient (Wildman–Crippen LogP) is 0.380. The van der Waals surface area contributed by atoms with Crippen molar-refractivity contribution in [3.05, 3.63) is 0 Å². The zero-order valence-corrected chi connectivity index (χ0v) is 7.13. The quantitative estimate of drug-likeness (QED) is 0.475. The minimum atomic E-state index is -0.669. The molecule has 0 aromatic rings. The summed E-state index contributed by atoms with van der Waals surface area (Å²) in [5.74, 6) is 5.42. The van der Waals surface area contributed by atoms with Crippen LogP contribution < -0.4 is 0 Å². The van der Waals surface area contributed by atoms with Crippen molar-refractivity contribution < 1.29 is 14.6 Å². The Morgan fingerprint density at radius 2 is 1.91 bits per heavy atom. The molecule has 0 amide bonds. The lowest BCUT2D eigenvalue weighted by Gasteiger charge is -2.17. The molecule has 0 aliphatic heterocycles. The van der Waals surface area contributed by atoms with Crippen molar-refractivity contribution in [3.8, 4) is 11.8 Å². The van der Waals surface area contributed by atoms with Gasteiger partial charge in [-0.05, 0) is 6.92 Å². The van der Waals surface area contributed by atoms with E-state index in [0.29, 0.717) is 6.42 Å². The van der Waals surface area contributed by atoms with Crippen LogP contribution in [0.15, 0.2) is 0 Å². The highest BCUT2D eigenvalue weighted by atomic mass is 16.7. The van der Waals surface area contributed by atoms with E-state index >= 15 is 0 Å². The fourth-order valence-electron chi connectivity index (χ4n) is 0.713. The summed E-state index contributed by atoms with van der Waals surface area (Å²) in [7, 11) is 2.97. The summed E-state index contributed by atoms with van der Waals surface area (Å²) in [6, 6.07) is 0. The summed E-state index contributed by atoms with van der Waals surface area (Å²) in [6.45, 7) is 1.72. The molecule has 0 aliphatic rings. The van der Waals surface area contributed by atoms with Gasteiger partial charge in [0.25, 0.3) is 0 Å². The van der Waals surface area contributed by atoms with E-state index in [9.17, 15) is 5.11 Å². The van der Waals surface area contributed by atoms with Crippen molar-refractivity contribution in [1.82, 2.24) is 0 Å². The Balaban J connectivity index is 3.74. The highest BCUT2D eigenvalue weighted by Gasteiger charge is 2.15. The van der Waals surface area contributed by atoms with Crippen LogP contribution in [0.3, 0.4) is 0 Å². The van der Waals surface area contributed by atoms with Gasteiger partial charge in [-0.15, -0.1) is 11.8 Å². The molecule has 11 heavy (non-hydrogen) atoms.